The largest absolute Gasteiger partial charge is 0.330 e. The van der Waals surface area contributed by atoms with Crippen LogP contribution in [-0.4, -0.2) is 26.3 Å². The molecule has 0 radical (unpaired) electrons. The van der Waals surface area contributed by atoms with Crippen LogP contribution in [0.15, 0.2) is 5.38 Å². The Bertz CT molecular complexity index is 514. The Labute approximate surface area is 111 Å². The van der Waals surface area contributed by atoms with Crippen LogP contribution in [0.25, 0.3) is 11.5 Å². The van der Waals surface area contributed by atoms with Crippen LogP contribution >= 0.6 is 11.3 Å². The Balaban J connectivity index is 2.23. The minimum absolute atomic E-state index is 0.559. The van der Waals surface area contributed by atoms with Crippen LogP contribution in [0, 0.1) is 5.92 Å². The van der Waals surface area contributed by atoms with Gasteiger partial charge in [-0.2, -0.15) is 5.10 Å². The fourth-order valence-corrected chi connectivity index (χ4v) is 2.56. The Morgan fingerprint density at radius 2 is 2.17 bits per heavy atom. The summed E-state index contributed by atoms with van der Waals surface area (Å²) in [4.78, 5) is 9.10. The van der Waals surface area contributed by atoms with Gasteiger partial charge in [0.25, 0.3) is 0 Å². The molecule has 0 saturated carbocycles. The van der Waals surface area contributed by atoms with Crippen LogP contribution in [0.4, 0.5) is 0 Å². The summed E-state index contributed by atoms with van der Waals surface area (Å²) < 4.78 is 1.80. The normalized spacial score (nSPS) is 11.4. The van der Waals surface area contributed by atoms with Crippen molar-refractivity contribution in [3.8, 4) is 11.5 Å². The fraction of sp³-hybridized carbons (Fsp3) is 0.583. The summed E-state index contributed by atoms with van der Waals surface area (Å²) in [6, 6.07) is 0. The fourth-order valence-electron chi connectivity index (χ4n) is 1.76. The van der Waals surface area contributed by atoms with Gasteiger partial charge in [0, 0.05) is 25.3 Å². The number of aromatic nitrogens is 4. The third-order valence-corrected chi connectivity index (χ3v) is 3.45. The molecule has 98 valence electrons. The zero-order valence-electron chi connectivity index (χ0n) is 11.1. The molecule has 0 amide bonds. The van der Waals surface area contributed by atoms with Gasteiger partial charge in [-0.15, -0.1) is 11.3 Å². The van der Waals surface area contributed by atoms with Crippen molar-refractivity contribution in [1.82, 2.24) is 19.7 Å². The molecule has 18 heavy (non-hydrogen) atoms. The quantitative estimate of drug-likeness (QED) is 0.892. The number of rotatable bonds is 5. The number of hydrogen-bond donors (Lipinski definition) is 1. The molecule has 0 aromatic carbocycles. The van der Waals surface area contributed by atoms with E-state index in [2.05, 4.69) is 28.9 Å². The molecule has 0 saturated heterocycles. The van der Waals surface area contributed by atoms with Gasteiger partial charge in [0.1, 0.15) is 5.69 Å². The minimum atomic E-state index is 0.559. The highest BCUT2D eigenvalue weighted by molar-refractivity contribution is 7.09. The molecule has 0 spiro atoms. The summed E-state index contributed by atoms with van der Waals surface area (Å²) in [6.07, 6.45) is 1.72. The highest BCUT2D eigenvalue weighted by Crippen LogP contribution is 2.20. The highest BCUT2D eigenvalue weighted by Gasteiger charge is 2.13. The first-order valence-electron chi connectivity index (χ1n) is 6.15. The van der Waals surface area contributed by atoms with Gasteiger partial charge in [0.2, 0.25) is 0 Å². The smallest absolute Gasteiger partial charge is 0.177 e. The number of aryl methyl sites for hydroxylation is 1. The Morgan fingerprint density at radius 1 is 1.39 bits per heavy atom. The summed E-state index contributed by atoms with van der Waals surface area (Å²) >= 11 is 1.63. The molecular weight excluding hydrogens is 246 g/mol. The van der Waals surface area contributed by atoms with Crippen molar-refractivity contribution in [3.63, 3.8) is 0 Å². The lowest BCUT2D eigenvalue weighted by Crippen LogP contribution is -2.02. The standard InChI is InChI=1S/C12H19N5S/c1-8(2)6-10-15-12(17(3)16-10)9-7-18-11(14-9)4-5-13/h7-8H,4-6,13H2,1-3H3. The second kappa shape index (κ2) is 5.58. The summed E-state index contributed by atoms with van der Waals surface area (Å²) in [5.41, 5.74) is 6.43. The van der Waals surface area contributed by atoms with Crippen molar-refractivity contribution in [2.24, 2.45) is 18.7 Å². The van der Waals surface area contributed by atoms with Crippen LogP contribution in [0.3, 0.4) is 0 Å². The number of thiazole rings is 1. The van der Waals surface area contributed by atoms with E-state index >= 15 is 0 Å². The maximum atomic E-state index is 5.53. The van der Waals surface area contributed by atoms with Gasteiger partial charge in [0.05, 0.1) is 5.01 Å². The number of hydrogen-bond acceptors (Lipinski definition) is 5. The molecule has 5 nitrogen and oxygen atoms in total. The van der Waals surface area contributed by atoms with Gasteiger partial charge >= 0.3 is 0 Å². The van der Waals surface area contributed by atoms with E-state index in [4.69, 9.17) is 5.73 Å². The summed E-state index contributed by atoms with van der Waals surface area (Å²) in [5.74, 6) is 2.28. The van der Waals surface area contributed by atoms with Gasteiger partial charge in [-0.3, -0.25) is 0 Å². The van der Waals surface area contributed by atoms with Gasteiger partial charge in [-0.1, -0.05) is 13.8 Å². The summed E-state index contributed by atoms with van der Waals surface area (Å²) in [7, 11) is 1.91. The third kappa shape index (κ3) is 2.94. The lowest BCUT2D eigenvalue weighted by Gasteiger charge is -1.96. The number of nitrogens with two attached hydrogens (primary N) is 1. The molecule has 0 aliphatic rings. The molecule has 2 N–H and O–H groups in total. The van der Waals surface area contributed by atoms with Gasteiger partial charge < -0.3 is 5.73 Å². The molecule has 0 atom stereocenters. The van der Waals surface area contributed by atoms with Crippen LogP contribution in [0.1, 0.15) is 24.7 Å². The van der Waals surface area contributed by atoms with E-state index in [9.17, 15) is 0 Å². The van der Waals surface area contributed by atoms with E-state index in [0.29, 0.717) is 12.5 Å². The average Bonchev–Trinajstić information content (AvgIpc) is 2.85. The third-order valence-electron chi connectivity index (χ3n) is 2.54. The first kappa shape index (κ1) is 13.2. The molecule has 0 aliphatic heterocycles. The monoisotopic (exact) mass is 265 g/mol. The maximum absolute atomic E-state index is 5.53. The second-order valence-corrected chi connectivity index (χ2v) is 5.68. The topological polar surface area (TPSA) is 69.6 Å². The first-order valence-corrected chi connectivity index (χ1v) is 7.03. The summed E-state index contributed by atoms with van der Waals surface area (Å²) in [6.45, 7) is 4.96. The van der Waals surface area contributed by atoms with Crippen molar-refractivity contribution in [1.29, 1.82) is 0 Å². The van der Waals surface area contributed by atoms with E-state index in [0.717, 1.165) is 35.2 Å². The zero-order valence-corrected chi connectivity index (χ0v) is 11.9. The van der Waals surface area contributed by atoms with Crippen molar-refractivity contribution in [2.45, 2.75) is 26.7 Å². The molecule has 6 heteroatoms. The van der Waals surface area contributed by atoms with Gasteiger partial charge in [0.15, 0.2) is 11.6 Å². The SMILES string of the molecule is CC(C)Cc1nc(-c2csc(CCN)n2)n(C)n1. The molecule has 0 bridgehead atoms. The van der Waals surface area contributed by atoms with Crippen molar-refractivity contribution in [2.75, 3.05) is 6.54 Å². The lowest BCUT2D eigenvalue weighted by atomic mass is 10.1. The molecule has 2 rings (SSSR count). The Kier molecular flexibility index (Phi) is 4.08. The van der Waals surface area contributed by atoms with E-state index in [1.165, 1.54) is 0 Å². The van der Waals surface area contributed by atoms with E-state index < -0.39 is 0 Å². The first-order chi connectivity index (χ1) is 8.60. The van der Waals surface area contributed by atoms with E-state index in [1.807, 2.05) is 12.4 Å². The molecule has 0 fully saturated rings. The highest BCUT2D eigenvalue weighted by atomic mass is 32.1. The molecule has 2 aromatic heterocycles. The van der Waals surface area contributed by atoms with Crippen LogP contribution in [0.5, 0.6) is 0 Å². The average molecular weight is 265 g/mol. The molecule has 0 aliphatic carbocycles. The Morgan fingerprint density at radius 3 is 2.83 bits per heavy atom. The lowest BCUT2D eigenvalue weighted by molar-refractivity contribution is 0.613. The zero-order chi connectivity index (χ0) is 13.1. The number of nitrogens with zero attached hydrogens (tertiary/aromatic N) is 4. The van der Waals surface area contributed by atoms with Crippen molar-refractivity contribution < 1.29 is 0 Å². The molecular formula is C12H19N5S. The van der Waals surface area contributed by atoms with Gasteiger partial charge in [-0.05, 0) is 12.5 Å². The van der Waals surface area contributed by atoms with Crippen LogP contribution < -0.4 is 5.73 Å². The molecule has 2 aromatic rings. The van der Waals surface area contributed by atoms with Crippen molar-refractivity contribution in [3.05, 3.63) is 16.2 Å². The van der Waals surface area contributed by atoms with Gasteiger partial charge in [-0.25, -0.2) is 14.6 Å². The summed E-state index contributed by atoms with van der Waals surface area (Å²) in [5, 5.41) is 7.51. The van der Waals surface area contributed by atoms with E-state index in [1.54, 1.807) is 16.0 Å². The Hall–Kier alpha value is -1.27. The second-order valence-electron chi connectivity index (χ2n) is 4.74. The minimum Gasteiger partial charge on any atom is -0.330 e. The predicted octanol–water partition coefficient (Wildman–Crippen LogP) is 1.64. The molecule has 2 heterocycles. The van der Waals surface area contributed by atoms with Crippen LogP contribution in [0.2, 0.25) is 0 Å². The maximum Gasteiger partial charge on any atom is 0.177 e. The molecule has 0 unspecified atom stereocenters. The van der Waals surface area contributed by atoms with Crippen LogP contribution in [-0.2, 0) is 19.9 Å². The van der Waals surface area contributed by atoms with E-state index in [-0.39, 0.29) is 0 Å². The predicted molar refractivity (Wildman–Crippen MR) is 73.4 cm³/mol. The van der Waals surface area contributed by atoms with Crippen molar-refractivity contribution >= 4 is 11.3 Å².